The molecule has 0 aliphatic rings. The van der Waals surface area contributed by atoms with Crippen molar-refractivity contribution >= 4 is 17.5 Å². The molecule has 0 saturated carbocycles. The van der Waals surface area contributed by atoms with Crippen LogP contribution in [-0.4, -0.2) is 31.8 Å². The molecule has 172 valence electrons. The summed E-state index contributed by atoms with van der Waals surface area (Å²) in [4.78, 5) is 43.3. The fourth-order valence-corrected chi connectivity index (χ4v) is 3.51. The molecule has 1 amide bonds. The van der Waals surface area contributed by atoms with E-state index < -0.39 is 28.7 Å². The zero-order chi connectivity index (χ0) is 24.1. The molecule has 0 spiro atoms. The minimum Gasteiger partial charge on any atom is -0.350 e. The summed E-state index contributed by atoms with van der Waals surface area (Å²) in [7, 11) is 0. The number of rotatable bonds is 7. The second-order valence-electron chi connectivity index (χ2n) is 7.37. The molecule has 0 unspecified atom stereocenters. The van der Waals surface area contributed by atoms with Gasteiger partial charge in [-0.3, -0.25) is 19.1 Å². The maximum Gasteiger partial charge on any atom is 0.352 e. The Hall–Kier alpha value is -4.11. The van der Waals surface area contributed by atoms with Gasteiger partial charge in [-0.1, -0.05) is 35.9 Å². The normalized spacial score (nSPS) is 10.8. The molecule has 0 radical (unpaired) electrons. The van der Waals surface area contributed by atoms with E-state index in [1.807, 2.05) is 12.1 Å². The van der Waals surface area contributed by atoms with Crippen molar-refractivity contribution in [1.29, 1.82) is 0 Å². The van der Waals surface area contributed by atoms with Gasteiger partial charge < -0.3 is 5.32 Å². The van der Waals surface area contributed by atoms with Crippen LogP contribution in [0.15, 0.2) is 82.5 Å². The Kier molecular flexibility index (Phi) is 6.93. The number of hydrogen-bond acceptors (Lipinski definition) is 5. The summed E-state index contributed by atoms with van der Waals surface area (Å²) in [6.07, 6.45) is 2.09. The summed E-state index contributed by atoms with van der Waals surface area (Å²) in [5, 5.41) is 7.02. The first kappa shape index (κ1) is 23.1. The standard InChI is InChI=1S/C24H19ClFN5O3/c25-17-6-4-9-20(14-17)31-24(34)30(15-16-5-3-7-18(26)13-16)23(33)21(29-31)22(32)28-12-10-19-8-1-2-11-27-19/h1-9,11,13-14H,10,12,15H2,(H,28,32). The monoisotopic (exact) mass is 479 g/mol. The molecule has 2 heterocycles. The first-order chi connectivity index (χ1) is 16.4. The number of nitrogens with one attached hydrogen (secondary N) is 1. The molecule has 2 aromatic carbocycles. The van der Waals surface area contributed by atoms with E-state index in [1.165, 1.54) is 24.3 Å². The second-order valence-corrected chi connectivity index (χ2v) is 7.81. The molecule has 1 N–H and O–H groups in total. The largest absolute Gasteiger partial charge is 0.352 e. The van der Waals surface area contributed by atoms with Gasteiger partial charge in [0.15, 0.2) is 0 Å². The molecule has 10 heteroatoms. The highest BCUT2D eigenvalue weighted by Crippen LogP contribution is 2.12. The zero-order valence-electron chi connectivity index (χ0n) is 17.8. The number of aromatic nitrogens is 4. The van der Waals surface area contributed by atoms with Crippen LogP contribution < -0.4 is 16.6 Å². The van der Waals surface area contributed by atoms with Crippen molar-refractivity contribution in [1.82, 2.24) is 24.6 Å². The van der Waals surface area contributed by atoms with Gasteiger partial charge in [-0.2, -0.15) is 9.78 Å². The Balaban J connectivity index is 1.72. The van der Waals surface area contributed by atoms with Crippen LogP contribution in [0.25, 0.3) is 5.69 Å². The smallest absolute Gasteiger partial charge is 0.350 e. The van der Waals surface area contributed by atoms with E-state index in [4.69, 9.17) is 11.6 Å². The molecule has 0 fully saturated rings. The third-order valence-corrected chi connectivity index (χ3v) is 5.19. The maximum absolute atomic E-state index is 13.7. The fourth-order valence-electron chi connectivity index (χ4n) is 3.32. The average Bonchev–Trinajstić information content (AvgIpc) is 2.82. The molecule has 34 heavy (non-hydrogen) atoms. The number of hydrogen-bond donors (Lipinski definition) is 1. The highest BCUT2D eigenvalue weighted by molar-refractivity contribution is 6.30. The molecule has 8 nitrogen and oxygen atoms in total. The van der Waals surface area contributed by atoms with Crippen molar-refractivity contribution in [2.24, 2.45) is 0 Å². The number of halogens is 2. The van der Waals surface area contributed by atoms with Crippen molar-refractivity contribution in [3.63, 3.8) is 0 Å². The van der Waals surface area contributed by atoms with Gasteiger partial charge in [0.1, 0.15) is 5.82 Å². The molecule has 0 aliphatic carbocycles. The lowest BCUT2D eigenvalue weighted by Crippen LogP contribution is -2.46. The third-order valence-electron chi connectivity index (χ3n) is 4.95. The number of benzene rings is 2. The van der Waals surface area contributed by atoms with Gasteiger partial charge >= 0.3 is 5.69 Å². The van der Waals surface area contributed by atoms with Crippen LogP contribution in [0.4, 0.5) is 4.39 Å². The van der Waals surface area contributed by atoms with Gasteiger partial charge in [-0.25, -0.2) is 9.18 Å². The van der Waals surface area contributed by atoms with Gasteiger partial charge in [0.25, 0.3) is 11.5 Å². The van der Waals surface area contributed by atoms with Gasteiger partial charge in [-0.15, -0.1) is 0 Å². The van der Waals surface area contributed by atoms with Crippen molar-refractivity contribution in [2.75, 3.05) is 6.54 Å². The molecule has 0 aliphatic heterocycles. The lowest BCUT2D eigenvalue weighted by molar-refractivity contribution is 0.0944. The van der Waals surface area contributed by atoms with Crippen LogP contribution in [0.5, 0.6) is 0 Å². The molecule has 4 aromatic rings. The molecule has 0 bridgehead atoms. The maximum atomic E-state index is 13.7. The molecule has 0 saturated heterocycles. The van der Waals surface area contributed by atoms with Gasteiger partial charge in [-0.05, 0) is 48.0 Å². The minimum atomic E-state index is -0.886. The van der Waals surface area contributed by atoms with E-state index in [0.717, 1.165) is 14.9 Å². The lowest BCUT2D eigenvalue weighted by Gasteiger charge is -2.12. The summed E-state index contributed by atoms with van der Waals surface area (Å²) in [5.74, 6) is -1.26. The van der Waals surface area contributed by atoms with E-state index >= 15 is 0 Å². The van der Waals surface area contributed by atoms with Crippen LogP contribution in [0.2, 0.25) is 5.02 Å². The van der Waals surface area contributed by atoms with Crippen LogP contribution in [0.3, 0.4) is 0 Å². The Morgan fingerprint density at radius 1 is 1.03 bits per heavy atom. The predicted octanol–water partition coefficient (Wildman–Crippen LogP) is 2.60. The predicted molar refractivity (Wildman–Crippen MR) is 125 cm³/mol. The number of carbonyl (C=O) groups excluding carboxylic acids is 1. The Morgan fingerprint density at radius 3 is 2.59 bits per heavy atom. The van der Waals surface area contributed by atoms with E-state index in [-0.39, 0.29) is 18.8 Å². The summed E-state index contributed by atoms with van der Waals surface area (Å²) in [6.45, 7) is -0.0378. The highest BCUT2D eigenvalue weighted by atomic mass is 35.5. The molecular weight excluding hydrogens is 461 g/mol. The van der Waals surface area contributed by atoms with Crippen LogP contribution >= 0.6 is 11.6 Å². The van der Waals surface area contributed by atoms with E-state index in [2.05, 4.69) is 15.4 Å². The van der Waals surface area contributed by atoms with Crippen LogP contribution in [0.1, 0.15) is 21.7 Å². The summed E-state index contributed by atoms with van der Waals surface area (Å²) >= 11 is 6.06. The van der Waals surface area contributed by atoms with E-state index in [1.54, 1.807) is 36.5 Å². The SMILES string of the molecule is O=C(NCCc1ccccn1)c1nn(-c2cccc(Cl)c2)c(=O)n(Cc2cccc(F)c2)c1=O. The molecule has 2 aromatic heterocycles. The topological polar surface area (TPSA) is 98.9 Å². The van der Waals surface area contributed by atoms with Crippen molar-refractivity contribution in [3.8, 4) is 5.69 Å². The quantitative estimate of drug-likeness (QED) is 0.439. The number of pyridine rings is 1. The van der Waals surface area contributed by atoms with E-state index in [0.29, 0.717) is 17.0 Å². The number of amides is 1. The van der Waals surface area contributed by atoms with Crippen molar-refractivity contribution < 1.29 is 9.18 Å². The second kappa shape index (κ2) is 10.2. The summed E-state index contributed by atoms with van der Waals surface area (Å²) < 4.78 is 15.5. The van der Waals surface area contributed by atoms with Gasteiger partial charge in [0.05, 0.1) is 12.2 Å². The molecular formula is C24H19ClFN5O3. The van der Waals surface area contributed by atoms with Crippen LogP contribution in [0, 0.1) is 5.82 Å². The van der Waals surface area contributed by atoms with Crippen molar-refractivity contribution in [3.05, 3.63) is 122 Å². The Labute approximate surface area is 198 Å². The summed E-state index contributed by atoms with van der Waals surface area (Å²) in [6, 6.07) is 17.2. The van der Waals surface area contributed by atoms with Gasteiger partial charge in [0, 0.05) is 29.9 Å². The fraction of sp³-hybridized carbons (Fsp3) is 0.125. The zero-order valence-corrected chi connectivity index (χ0v) is 18.6. The third kappa shape index (κ3) is 5.26. The van der Waals surface area contributed by atoms with Gasteiger partial charge in [0.2, 0.25) is 5.69 Å². The number of carbonyl (C=O) groups is 1. The Bertz CT molecular complexity index is 1450. The molecule has 0 atom stereocenters. The summed E-state index contributed by atoms with van der Waals surface area (Å²) in [5.41, 5.74) is -0.734. The first-order valence-corrected chi connectivity index (χ1v) is 10.7. The first-order valence-electron chi connectivity index (χ1n) is 10.3. The van der Waals surface area contributed by atoms with Crippen molar-refractivity contribution in [2.45, 2.75) is 13.0 Å². The van der Waals surface area contributed by atoms with Crippen LogP contribution in [-0.2, 0) is 13.0 Å². The Morgan fingerprint density at radius 2 is 1.85 bits per heavy atom. The highest BCUT2D eigenvalue weighted by Gasteiger charge is 2.20. The number of nitrogens with zero attached hydrogens (tertiary/aromatic N) is 4. The average molecular weight is 480 g/mol. The molecule has 4 rings (SSSR count). The lowest BCUT2D eigenvalue weighted by atomic mass is 10.2. The minimum absolute atomic E-state index is 0.206. The van der Waals surface area contributed by atoms with E-state index in [9.17, 15) is 18.8 Å².